The van der Waals surface area contributed by atoms with E-state index in [1.807, 2.05) is 0 Å². The van der Waals surface area contributed by atoms with Crippen LogP contribution in [0, 0.1) is 0 Å². The number of carbonyl (C=O) groups is 3. The van der Waals surface area contributed by atoms with Crippen molar-refractivity contribution < 1.29 is 27.9 Å². The van der Waals surface area contributed by atoms with E-state index in [-0.39, 0.29) is 12.2 Å². The lowest BCUT2D eigenvalue weighted by atomic mass is 10.1. The summed E-state index contributed by atoms with van der Waals surface area (Å²) in [4.78, 5) is 33.3. The molecule has 4 N–H and O–H groups in total. The Morgan fingerprint density at radius 2 is 1.95 bits per heavy atom. The molecule has 108 valence electrons. The highest BCUT2D eigenvalue weighted by Crippen LogP contribution is 2.19. The first-order chi connectivity index (χ1) is 8.74. The smallest absolute Gasteiger partial charge is 0.326 e. The van der Waals surface area contributed by atoms with Gasteiger partial charge in [-0.05, 0) is 12.8 Å². The van der Waals surface area contributed by atoms with Crippen LogP contribution >= 0.6 is 0 Å². The van der Waals surface area contributed by atoms with Crippen LogP contribution in [0.4, 0.5) is 0 Å². The number of hydrogen-bond donors (Lipinski definition) is 3. The largest absolute Gasteiger partial charge is 0.480 e. The number of aliphatic carboxylic acids is 1. The number of carboxylic acid groups (broad SMARTS) is 1. The van der Waals surface area contributed by atoms with Crippen molar-refractivity contribution in [3.05, 3.63) is 0 Å². The molecular formula is C10H16N2O6S. The number of sulfone groups is 1. The zero-order valence-electron chi connectivity index (χ0n) is 10.2. The Morgan fingerprint density at radius 1 is 1.32 bits per heavy atom. The van der Waals surface area contributed by atoms with Gasteiger partial charge >= 0.3 is 5.97 Å². The highest BCUT2D eigenvalue weighted by molar-refractivity contribution is 7.92. The molecule has 8 nitrogen and oxygen atoms in total. The van der Waals surface area contributed by atoms with Gasteiger partial charge in [-0.1, -0.05) is 6.42 Å². The second kappa shape index (κ2) is 6.00. The molecule has 2 unspecified atom stereocenters. The number of primary amides is 1. The summed E-state index contributed by atoms with van der Waals surface area (Å²) in [5.41, 5.74) is 4.87. The maximum atomic E-state index is 11.8. The molecule has 0 spiro atoms. The van der Waals surface area contributed by atoms with Crippen LogP contribution in [0.1, 0.15) is 25.7 Å². The number of carbonyl (C=O) groups excluding carboxylic acids is 2. The molecule has 1 aliphatic heterocycles. The average Bonchev–Trinajstić information content (AvgIpc) is 2.26. The van der Waals surface area contributed by atoms with Gasteiger partial charge in [-0.2, -0.15) is 0 Å². The van der Waals surface area contributed by atoms with Crippen molar-refractivity contribution in [2.45, 2.75) is 37.0 Å². The monoisotopic (exact) mass is 292 g/mol. The standard InChI is InChI=1S/C10H16N2O6S/c11-8(13)5-6(10(15)16)12-9(14)7-3-1-2-4-19(7,17)18/h6-7H,1-5H2,(H2,11,13)(H,12,14)(H,15,16). The van der Waals surface area contributed by atoms with E-state index in [2.05, 4.69) is 5.32 Å². The minimum absolute atomic E-state index is 0.0847. The topological polar surface area (TPSA) is 144 Å². The molecule has 0 aromatic rings. The number of carboxylic acids is 1. The molecule has 1 saturated heterocycles. The first-order valence-corrected chi connectivity index (χ1v) is 7.48. The summed E-state index contributed by atoms with van der Waals surface area (Å²) in [6, 6.07) is -1.50. The van der Waals surface area contributed by atoms with Crippen LogP contribution in [-0.2, 0) is 24.2 Å². The SMILES string of the molecule is NC(=O)CC(NC(=O)C1CCCCS1(=O)=O)C(=O)O. The zero-order valence-corrected chi connectivity index (χ0v) is 11.0. The summed E-state index contributed by atoms with van der Waals surface area (Å²) in [7, 11) is -3.54. The van der Waals surface area contributed by atoms with Crippen LogP contribution < -0.4 is 11.1 Å². The predicted molar refractivity (Wildman–Crippen MR) is 64.8 cm³/mol. The fourth-order valence-corrected chi connectivity index (χ4v) is 3.73. The highest BCUT2D eigenvalue weighted by Gasteiger charge is 2.36. The van der Waals surface area contributed by atoms with Crippen LogP contribution in [0.25, 0.3) is 0 Å². The van der Waals surface area contributed by atoms with Gasteiger partial charge in [0, 0.05) is 0 Å². The molecule has 9 heteroatoms. The van der Waals surface area contributed by atoms with Crippen molar-refractivity contribution in [3.63, 3.8) is 0 Å². The second-order valence-corrected chi connectivity index (χ2v) is 6.72. The van der Waals surface area contributed by atoms with E-state index in [1.54, 1.807) is 0 Å². The summed E-state index contributed by atoms with van der Waals surface area (Å²) >= 11 is 0. The van der Waals surface area contributed by atoms with Gasteiger partial charge in [0.25, 0.3) is 0 Å². The molecule has 1 rings (SSSR count). The van der Waals surface area contributed by atoms with Gasteiger partial charge in [0.1, 0.15) is 11.3 Å². The minimum atomic E-state index is -3.54. The fraction of sp³-hybridized carbons (Fsp3) is 0.700. The molecule has 2 amide bonds. The summed E-state index contributed by atoms with van der Waals surface area (Å²) in [5, 5.41) is 9.64. The zero-order chi connectivity index (χ0) is 14.6. The number of amides is 2. The minimum Gasteiger partial charge on any atom is -0.480 e. The maximum Gasteiger partial charge on any atom is 0.326 e. The maximum absolute atomic E-state index is 11.8. The third-order valence-corrected chi connectivity index (χ3v) is 5.07. The number of rotatable bonds is 5. The normalized spacial score (nSPS) is 23.3. The van der Waals surface area contributed by atoms with Gasteiger partial charge in [-0.3, -0.25) is 9.59 Å². The summed E-state index contributed by atoms with van der Waals surface area (Å²) in [6.45, 7) is 0. The molecule has 0 radical (unpaired) electrons. The van der Waals surface area contributed by atoms with Gasteiger partial charge in [-0.15, -0.1) is 0 Å². The van der Waals surface area contributed by atoms with Crippen molar-refractivity contribution in [2.24, 2.45) is 5.73 Å². The molecule has 0 saturated carbocycles. The van der Waals surface area contributed by atoms with Crippen LogP contribution in [-0.4, -0.2) is 48.4 Å². The number of hydrogen-bond acceptors (Lipinski definition) is 5. The van der Waals surface area contributed by atoms with Crippen LogP contribution in [0.2, 0.25) is 0 Å². The first-order valence-electron chi connectivity index (χ1n) is 5.77. The summed E-state index contributed by atoms with van der Waals surface area (Å²) in [5.74, 6) is -3.29. The Balaban J connectivity index is 2.76. The van der Waals surface area contributed by atoms with Crippen molar-refractivity contribution in [3.8, 4) is 0 Å². The summed E-state index contributed by atoms with van der Waals surface area (Å²) in [6.07, 6.45) is 0.672. The molecular weight excluding hydrogens is 276 g/mol. The number of nitrogens with one attached hydrogen (secondary N) is 1. The lowest BCUT2D eigenvalue weighted by Gasteiger charge is -2.23. The van der Waals surface area contributed by atoms with Crippen molar-refractivity contribution in [1.82, 2.24) is 5.32 Å². The number of nitrogens with two attached hydrogens (primary N) is 1. The van der Waals surface area contributed by atoms with E-state index in [9.17, 15) is 22.8 Å². The molecule has 0 aromatic heterocycles. The molecule has 19 heavy (non-hydrogen) atoms. The van der Waals surface area contributed by atoms with Crippen molar-refractivity contribution >= 4 is 27.6 Å². The van der Waals surface area contributed by atoms with Gasteiger partial charge in [-0.25, -0.2) is 13.2 Å². The Labute approximate surface area is 110 Å². The van der Waals surface area contributed by atoms with Gasteiger partial charge < -0.3 is 16.2 Å². The molecule has 1 heterocycles. The average molecular weight is 292 g/mol. The van der Waals surface area contributed by atoms with Gasteiger partial charge in [0.15, 0.2) is 9.84 Å². The van der Waals surface area contributed by atoms with Crippen LogP contribution in [0.3, 0.4) is 0 Å². The molecule has 0 aliphatic carbocycles. The Bertz CT molecular complexity index is 486. The molecule has 1 aliphatic rings. The first kappa shape index (κ1) is 15.4. The Hall–Kier alpha value is -1.64. The van der Waals surface area contributed by atoms with Crippen LogP contribution in [0.15, 0.2) is 0 Å². The third kappa shape index (κ3) is 4.19. The molecule has 2 atom stereocenters. The lowest BCUT2D eigenvalue weighted by molar-refractivity contribution is -0.143. The third-order valence-electron chi connectivity index (χ3n) is 2.89. The molecule has 1 fully saturated rings. The summed E-state index contributed by atoms with van der Waals surface area (Å²) < 4.78 is 23.4. The Morgan fingerprint density at radius 3 is 2.42 bits per heavy atom. The predicted octanol–water partition coefficient (Wildman–Crippen LogP) is -1.60. The second-order valence-electron chi connectivity index (χ2n) is 4.42. The fourth-order valence-electron chi connectivity index (χ4n) is 1.91. The van der Waals surface area contributed by atoms with E-state index in [4.69, 9.17) is 10.8 Å². The van der Waals surface area contributed by atoms with E-state index in [0.29, 0.717) is 12.8 Å². The van der Waals surface area contributed by atoms with Gasteiger partial charge in [0.05, 0.1) is 12.2 Å². The van der Waals surface area contributed by atoms with E-state index in [0.717, 1.165) is 0 Å². The molecule has 0 aromatic carbocycles. The van der Waals surface area contributed by atoms with Gasteiger partial charge in [0.2, 0.25) is 11.8 Å². The quantitative estimate of drug-likeness (QED) is 0.556. The van der Waals surface area contributed by atoms with Crippen LogP contribution in [0.5, 0.6) is 0 Å². The van der Waals surface area contributed by atoms with E-state index >= 15 is 0 Å². The highest BCUT2D eigenvalue weighted by atomic mass is 32.2. The van der Waals surface area contributed by atoms with Crippen molar-refractivity contribution in [1.29, 1.82) is 0 Å². The van der Waals surface area contributed by atoms with E-state index in [1.165, 1.54) is 0 Å². The Kier molecular flexibility index (Phi) is 4.87. The van der Waals surface area contributed by atoms with Crippen molar-refractivity contribution in [2.75, 3.05) is 5.75 Å². The lowest BCUT2D eigenvalue weighted by Crippen LogP contribution is -2.50. The van der Waals surface area contributed by atoms with E-state index < -0.39 is 45.3 Å². The molecule has 0 bridgehead atoms.